The lowest BCUT2D eigenvalue weighted by Crippen LogP contribution is -2.38. The molecule has 25 heavy (non-hydrogen) atoms. The molecule has 0 saturated heterocycles. The third-order valence-electron chi connectivity index (χ3n) is 3.50. The summed E-state index contributed by atoms with van der Waals surface area (Å²) in [6.45, 7) is 4.13. The predicted octanol–water partition coefficient (Wildman–Crippen LogP) is 2.13. The monoisotopic (exact) mass is 358 g/mol. The van der Waals surface area contributed by atoms with Gasteiger partial charge in [0.15, 0.2) is 5.96 Å². The van der Waals surface area contributed by atoms with Crippen molar-refractivity contribution < 1.29 is 4.21 Å². The molecule has 1 heterocycles. The first-order chi connectivity index (χ1) is 12.3. The zero-order valence-corrected chi connectivity index (χ0v) is 15.5. The molecule has 2 N–H and O–H groups in total. The highest BCUT2D eigenvalue weighted by Crippen LogP contribution is 2.02. The van der Waals surface area contributed by atoms with Crippen LogP contribution in [0.5, 0.6) is 0 Å². The van der Waals surface area contributed by atoms with Crippen molar-refractivity contribution in [1.82, 2.24) is 15.6 Å². The first kappa shape index (κ1) is 19.1. The van der Waals surface area contributed by atoms with Crippen molar-refractivity contribution in [2.24, 2.45) is 4.99 Å². The van der Waals surface area contributed by atoms with E-state index in [2.05, 4.69) is 20.6 Å². The van der Waals surface area contributed by atoms with Crippen LogP contribution in [0.2, 0.25) is 0 Å². The number of hydrogen-bond acceptors (Lipinski definition) is 3. The number of nitrogens with zero attached hydrogens (tertiary/aromatic N) is 2. The Kier molecular flexibility index (Phi) is 8.69. The molecule has 0 spiro atoms. The van der Waals surface area contributed by atoms with E-state index in [1.807, 2.05) is 55.5 Å². The predicted molar refractivity (Wildman–Crippen MR) is 105 cm³/mol. The summed E-state index contributed by atoms with van der Waals surface area (Å²) >= 11 is 0. The van der Waals surface area contributed by atoms with E-state index in [0.29, 0.717) is 18.1 Å². The standard InChI is InChI=1S/C19H26N4OS/c1-2-20-19(22-13-11-18-10-6-7-12-21-18)23-14-15-25(24)16-17-8-4-3-5-9-17/h3-10,12H,2,11,13-16H2,1H3,(H2,20,22,23). The minimum absolute atomic E-state index is 0.540. The zero-order valence-electron chi connectivity index (χ0n) is 14.6. The fourth-order valence-electron chi connectivity index (χ4n) is 2.29. The summed E-state index contributed by atoms with van der Waals surface area (Å²) in [6.07, 6.45) is 2.64. The summed E-state index contributed by atoms with van der Waals surface area (Å²) in [5, 5.41) is 6.50. The first-order valence-electron chi connectivity index (χ1n) is 8.59. The molecule has 1 aromatic carbocycles. The molecule has 0 aliphatic heterocycles. The van der Waals surface area contributed by atoms with Gasteiger partial charge in [0, 0.05) is 53.7 Å². The number of aliphatic imine (C=N–C) groups is 1. The summed E-state index contributed by atoms with van der Waals surface area (Å²) in [5.41, 5.74) is 2.15. The highest BCUT2D eigenvalue weighted by molar-refractivity contribution is 7.84. The Labute approximate surface area is 152 Å². The smallest absolute Gasteiger partial charge is 0.191 e. The fourth-order valence-corrected chi connectivity index (χ4v) is 3.29. The van der Waals surface area contributed by atoms with E-state index in [1.54, 1.807) is 6.20 Å². The number of hydrogen-bond donors (Lipinski definition) is 2. The summed E-state index contributed by atoms with van der Waals surface area (Å²) in [4.78, 5) is 8.81. The number of guanidine groups is 1. The summed E-state index contributed by atoms with van der Waals surface area (Å²) in [7, 11) is -0.899. The Morgan fingerprint density at radius 2 is 1.92 bits per heavy atom. The maximum Gasteiger partial charge on any atom is 0.191 e. The SMILES string of the molecule is CCNC(=NCCS(=O)Cc1ccccc1)NCCc1ccccn1. The van der Waals surface area contributed by atoms with Crippen LogP contribution >= 0.6 is 0 Å². The molecule has 134 valence electrons. The van der Waals surface area contributed by atoms with Gasteiger partial charge in [-0.15, -0.1) is 0 Å². The van der Waals surface area contributed by atoms with Crippen LogP contribution in [0, 0.1) is 0 Å². The molecule has 6 heteroatoms. The molecule has 1 unspecified atom stereocenters. The highest BCUT2D eigenvalue weighted by Gasteiger charge is 2.02. The van der Waals surface area contributed by atoms with E-state index in [-0.39, 0.29) is 0 Å². The molecule has 2 rings (SSSR count). The zero-order chi connectivity index (χ0) is 17.7. The van der Waals surface area contributed by atoms with Gasteiger partial charge in [-0.2, -0.15) is 0 Å². The van der Waals surface area contributed by atoms with E-state index < -0.39 is 10.8 Å². The second-order valence-electron chi connectivity index (χ2n) is 5.53. The molecule has 2 aromatic rings. The van der Waals surface area contributed by atoms with Crippen molar-refractivity contribution in [3.8, 4) is 0 Å². The van der Waals surface area contributed by atoms with Gasteiger partial charge in [-0.1, -0.05) is 36.4 Å². The topological polar surface area (TPSA) is 66.4 Å². The molecule has 0 amide bonds. The number of rotatable bonds is 9. The molecule has 5 nitrogen and oxygen atoms in total. The largest absolute Gasteiger partial charge is 0.357 e. The van der Waals surface area contributed by atoms with Crippen LogP contribution in [0.25, 0.3) is 0 Å². The number of aromatic nitrogens is 1. The third-order valence-corrected chi connectivity index (χ3v) is 4.80. The van der Waals surface area contributed by atoms with Gasteiger partial charge in [-0.25, -0.2) is 0 Å². The molecule has 0 saturated carbocycles. The lowest BCUT2D eigenvalue weighted by Gasteiger charge is -2.11. The molecule has 0 bridgehead atoms. The van der Waals surface area contributed by atoms with E-state index in [1.165, 1.54) is 0 Å². The van der Waals surface area contributed by atoms with Crippen molar-refractivity contribution in [2.45, 2.75) is 19.1 Å². The van der Waals surface area contributed by atoms with Gasteiger partial charge in [0.05, 0.1) is 6.54 Å². The molecule has 0 radical (unpaired) electrons. The van der Waals surface area contributed by atoms with E-state index >= 15 is 0 Å². The molecule has 0 fully saturated rings. The number of pyridine rings is 1. The minimum atomic E-state index is -0.899. The van der Waals surface area contributed by atoms with E-state index in [4.69, 9.17) is 0 Å². The van der Waals surface area contributed by atoms with Gasteiger partial charge < -0.3 is 10.6 Å². The Morgan fingerprint density at radius 1 is 1.12 bits per heavy atom. The van der Waals surface area contributed by atoms with Gasteiger partial charge in [0.2, 0.25) is 0 Å². The molecule has 0 aliphatic carbocycles. The van der Waals surface area contributed by atoms with Gasteiger partial charge in [-0.05, 0) is 24.6 Å². The van der Waals surface area contributed by atoms with Crippen molar-refractivity contribution in [3.05, 3.63) is 66.0 Å². The lowest BCUT2D eigenvalue weighted by molar-refractivity contribution is 0.682. The van der Waals surface area contributed by atoms with Crippen molar-refractivity contribution >= 4 is 16.8 Å². The second kappa shape index (κ2) is 11.4. The lowest BCUT2D eigenvalue weighted by atomic mass is 10.2. The normalized spacial score (nSPS) is 12.6. The Bertz CT molecular complexity index is 662. The number of benzene rings is 1. The highest BCUT2D eigenvalue weighted by atomic mass is 32.2. The van der Waals surface area contributed by atoms with E-state index in [0.717, 1.165) is 36.7 Å². The maximum atomic E-state index is 12.1. The average molecular weight is 359 g/mol. The van der Waals surface area contributed by atoms with Gasteiger partial charge >= 0.3 is 0 Å². The van der Waals surface area contributed by atoms with Crippen LogP contribution in [0.3, 0.4) is 0 Å². The van der Waals surface area contributed by atoms with Gasteiger partial charge in [-0.3, -0.25) is 14.2 Å². The fraction of sp³-hybridized carbons (Fsp3) is 0.368. The minimum Gasteiger partial charge on any atom is -0.357 e. The van der Waals surface area contributed by atoms with Crippen molar-refractivity contribution in [2.75, 3.05) is 25.4 Å². The number of nitrogens with one attached hydrogen (secondary N) is 2. The summed E-state index contributed by atoms with van der Waals surface area (Å²) < 4.78 is 12.1. The molecule has 1 aromatic heterocycles. The van der Waals surface area contributed by atoms with Gasteiger partial charge in [0.1, 0.15) is 0 Å². The molecule has 1 atom stereocenters. The van der Waals surface area contributed by atoms with Crippen LogP contribution in [0.15, 0.2) is 59.7 Å². The average Bonchev–Trinajstić information content (AvgIpc) is 2.63. The van der Waals surface area contributed by atoms with Gasteiger partial charge in [0.25, 0.3) is 0 Å². The van der Waals surface area contributed by atoms with Crippen LogP contribution in [-0.4, -0.2) is 40.5 Å². The van der Waals surface area contributed by atoms with Crippen LogP contribution in [0.1, 0.15) is 18.2 Å². The second-order valence-corrected chi connectivity index (χ2v) is 7.11. The van der Waals surface area contributed by atoms with Crippen molar-refractivity contribution in [3.63, 3.8) is 0 Å². The van der Waals surface area contributed by atoms with Crippen LogP contribution < -0.4 is 10.6 Å². The third kappa shape index (κ3) is 7.94. The van der Waals surface area contributed by atoms with Crippen LogP contribution in [-0.2, 0) is 23.0 Å². The molecular formula is C19H26N4OS. The molecule has 0 aliphatic rings. The van der Waals surface area contributed by atoms with Crippen LogP contribution in [0.4, 0.5) is 0 Å². The van der Waals surface area contributed by atoms with E-state index in [9.17, 15) is 4.21 Å². The van der Waals surface area contributed by atoms with Crippen molar-refractivity contribution in [1.29, 1.82) is 0 Å². The summed E-state index contributed by atoms with van der Waals surface area (Å²) in [5.74, 6) is 1.90. The molecular weight excluding hydrogens is 332 g/mol. The maximum absolute atomic E-state index is 12.1. The quantitative estimate of drug-likeness (QED) is 0.532. The Balaban J connectivity index is 1.73. The Hall–Kier alpha value is -2.21. The Morgan fingerprint density at radius 3 is 2.64 bits per heavy atom. The first-order valence-corrected chi connectivity index (χ1v) is 10.1. The summed E-state index contributed by atoms with van der Waals surface area (Å²) in [6, 6.07) is 15.8.